The van der Waals surface area contributed by atoms with Gasteiger partial charge in [-0.15, -0.1) is 0 Å². The SMILES string of the molecule is CS(=O)(=O)c1ccc2c(c1)cc(C(=O)Nc1ccc(N3CCC3)nc1)n2Cc1cccc(F)c1. The van der Waals surface area contributed by atoms with Gasteiger partial charge in [-0.2, -0.15) is 0 Å². The van der Waals surface area contributed by atoms with Crippen LogP contribution in [0, 0.1) is 5.82 Å². The molecular weight excluding hydrogens is 455 g/mol. The van der Waals surface area contributed by atoms with Gasteiger partial charge in [0.25, 0.3) is 5.91 Å². The number of fused-ring (bicyclic) bond motifs is 1. The second-order valence-corrected chi connectivity index (χ2v) is 10.5. The first kappa shape index (κ1) is 22.1. The molecule has 174 valence electrons. The van der Waals surface area contributed by atoms with Crippen LogP contribution in [0.1, 0.15) is 22.5 Å². The zero-order valence-corrected chi connectivity index (χ0v) is 19.3. The van der Waals surface area contributed by atoms with Crippen LogP contribution >= 0.6 is 0 Å². The van der Waals surface area contributed by atoms with Crippen molar-refractivity contribution in [2.75, 3.05) is 29.6 Å². The highest BCUT2D eigenvalue weighted by molar-refractivity contribution is 7.90. The average Bonchev–Trinajstić information content (AvgIpc) is 3.11. The lowest BCUT2D eigenvalue weighted by Gasteiger charge is -2.31. The number of nitrogens with zero attached hydrogens (tertiary/aromatic N) is 3. The fraction of sp³-hybridized carbons (Fsp3) is 0.200. The summed E-state index contributed by atoms with van der Waals surface area (Å²) in [7, 11) is -3.41. The molecule has 0 saturated carbocycles. The first-order valence-corrected chi connectivity index (χ1v) is 12.8. The van der Waals surface area contributed by atoms with Crippen LogP contribution in [-0.2, 0) is 16.4 Å². The number of rotatable bonds is 6. The lowest BCUT2D eigenvalue weighted by atomic mass is 10.2. The van der Waals surface area contributed by atoms with E-state index >= 15 is 0 Å². The van der Waals surface area contributed by atoms with Crippen molar-refractivity contribution in [3.63, 3.8) is 0 Å². The number of anilines is 2. The first-order chi connectivity index (χ1) is 16.3. The van der Waals surface area contributed by atoms with Crippen molar-refractivity contribution in [3.8, 4) is 0 Å². The number of nitrogens with one attached hydrogen (secondary N) is 1. The number of amides is 1. The molecule has 0 radical (unpaired) electrons. The highest BCUT2D eigenvalue weighted by atomic mass is 32.2. The number of carbonyl (C=O) groups is 1. The minimum absolute atomic E-state index is 0.167. The summed E-state index contributed by atoms with van der Waals surface area (Å²) in [6.45, 7) is 2.21. The molecule has 7 nitrogen and oxygen atoms in total. The maximum absolute atomic E-state index is 13.8. The summed E-state index contributed by atoms with van der Waals surface area (Å²) in [5.74, 6) is 0.137. The number of aromatic nitrogens is 2. The molecule has 5 rings (SSSR count). The smallest absolute Gasteiger partial charge is 0.272 e. The normalized spacial score (nSPS) is 13.6. The van der Waals surface area contributed by atoms with Crippen LogP contribution in [0.5, 0.6) is 0 Å². The molecule has 2 aromatic heterocycles. The molecule has 2 aromatic carbocycles. The van der Waals surface area contributed by atoms with E-state index in [9.17, 15) is 17.6 Å². The Morgan fingerprint density at radius 2 is 1.91 bits per heavy atom. The quantitative estimate of drug-likeness (QED) is 0.451. The molecule has 0 spiro atoms. The van der Waals surface area contributed by atoms with Crippen molar-refractivity contribution in [3.05, 3.63) is 83.9 Å². The van der Waals surface area contributed by atoms with Gasteiger partial charge in [0.2, 0.25) is 0 Å². The molecule has 0 bridgehead atoms. The van der Waals surface area contributed by atoms with Gasteiger partial charge in [0.15, 0.2) is 9.84 Å². The highest BCUT2D eigenvalue weighted by Gasteiger charge is 2.19. The van der Waals surface area contributed by atoms with Gasteiger partial charge >= 0.3 is 0 Å². The summed E-state index contributed by atoms with van der Waals surface area (Å²) in [4.78, 5) is 20.0. The third kappa shape index (κ3) is 4.38. The second kappa shape index (κ2) is 8.57. The van der Waals surface area contributed by atoms with Crippen molar-refractivity contribution in [2.24, 2.45) is 0 Å². The molecule has 4 aromatic rings. The zero-order valence-electron chi connectivity index (χ0n) is 18.5. The van der Waals surface area contributed by atoms with Gasteiger partial charge in [-0.3, -0.25) is 4.79 Å². The molecule has 1 saturated heterocycles. The Labute approximate surface area is 196 Å². The van der Waals surface area contributed by atoms with Crippen LogP contribution in [0.25, 0.3) is 10.9 Å². The molecule has 1 aliphatic heterocycles. The van der Waals surface area contributed by atoms with Crippen molar-refractivity contribution in [1.29, 1.82) is 0 Å². The summed E-state index contributed by atoms with van der Waals surface area (Å²) in [6.07, 6.45) is 3.91. The predicted octanol–water partition coefficient (Wildman–Crippen LogP) is 4.09. The monoisotopic (exact) mass is 478 g/mol. The standard InChI is InChI=1S/C25H23FN4O3S/c1-34(32,33)21-7-8-22-18(13-21)14-23(30(22)16-17-4-2-5-19(26)12-17)25(31)28-20-6-9-24(27-15-20)29-10-3-11-29/h2,4-9,12-15H,3,10-11,16H2,1H3,(H,28,31). The van der Waals surface area contributed by atoms with E-state index in [2.05, 4.69) is 15.2 Å². The Morgan fingerprint density at radius 1 is 1.09 bits per heavy atom. The Bertz CT molecular complexity index is 1490. The molecule has 0 unspecified atom stereocenters. The second-order valence-electron chi connectivity index (χ2n) is 8.44. The number of pyridine rings is 1. The Balaban J connectivity index is 1.51. The van der Waals surface area contributed by atoms with Crippen LogP contribution in [0.2, 0.25) is 0 Å². The lowest BCUT2D eigenvalue weighted by molar-refractivity contribution is 0.101. The minimum Gasteiger partial charge on any atom is -0.356 e. The molecule has 9 heteroatoms. The Kier molecular flexibility index (Phi) is 5.57. The van der Waals surface area contributed by atoms with E-state index in [1.54, 1.807) is 47.2 Å². The van der Waals surface area contributed by atoms with E-state index < -0.39 is 9.84 Å². The van der Waals surface area contributed by atoms with Gasteiger partial charge in [0.1, 0.15) is 17.3 Å². The van der Waals surface area contributed by atoms with Crippen LogP contribution in [0.4, 0.5) is 15.9 Å². The maximum Gasteiger partial charge on any atom is 0.272 e. The van der Waals surface area contributed by atoms with Gasteiger partial charge in [-0.1, -0.05) is 12.1 Å². The van der Waals surface area contributed by atoms with E-state index in [1.165, 1.54) is 18.2 Å². The number of hydrogen-bond acceptors (Lipinski definition) is 5. The Hall–Kier alpha value is -3.72. The fourth-order valence-corrected chi connectivity index (χ4v) is 4.70. The molecular formula is C25H23FN4O3S. The number of sulfone groups is 1. The molecule has 1 N–H and O–H groups in total. The first-order valence-electron chi connectivity index (χ1n) is 10.9. The average molecular weight is 479 g/mol. The molecule has 0 atom stereocenters. The highest BCUT2D eigenvalue weighted by Crippen LogP contribution is 2.26. The van der Waals surface area contributed by atoms with Gasteiger partial charge in [0, 0.05) is 36.8 Å². The fourth-order valence-electron chi connectivity index (χ4n) is 4.04. The number of halogens is 1. The van der Waals surface area contributed by atoms with Crippen molar-refractivity contribution in [2.45, 2.75) is 17.9 Å². The van der Waals surface area contributed by atoms with Crippen LogP contribution in [0.15, 0.2) is 71.8 Å². The van der Waals surface area contributed by atoms with Gasteiger partial charge in [-0.25, -0.2) is 17.8 Å². The van der Waals surface area contributed by atoms with Gasteiger partial charge in [0.05, 0.1) is 16.8 Å². The minimum atomic E-state index is -3.41. The molecule has 3 heterocycles. The van der Waals surface area contributed by atoms with Gasteiger partial charge < -0.3 is 14.8 Å². The van der Waals surface area contributed by atoms with E-state index in [-0.39, 0.29) is 23.2 Å². The molecule has 1 aliphatic rings. The third-order valence-electron chi connectivity index (χ3n) is 5.95. The van der Waals surface area contributed by atoms with Crippen molar-refractivity contribution >= 4 is 38.2 Å². The summed E-state index contributed by atoms with van der Waals surface area (Å²) >= 11 is 0. The topological polar surface area (TPSA) is 84.3 Å². The number of carbonyl (C=O) groups excluding carboxylic acids is 1. The van der Waals surface area contributed by atoms with E-state index in [0.717, 1.165) is 31.6 Å². The summed E-state index contributed by atoms with van der Waals surface area (Å²) < 4.78 is 39.6. The number of benzene rings is 2. The van der Waals surface area contributed by atoms with Crippen LogP contribution < -0.4 is 10.2 Å². The third-order valence-corrected chi connectivity index (χ3v) is 7.06. The van der Waals surface area contributed by atoms with E-state index in [1.807, 2.05) is 6.07 Å². The van der Waals surface area contributed by atoms with E-state index in [0.29, 0.717) is 27.8 Å². The molecule has 34 heavy (non-hydrogen) atoms. The largest absolute Gasteiger partial charge is 0.356 e. The summed E-state index contributed by atoms with van der Waals surface area (Å²) in [5.41, 5.74) is 2.23. The van der Waals surface area contributed by atoms with E-state index in [4.69, 9.17) is 0 Å². The lowest BCUT2D eigenvalue weighted by Crippen LogP contribution is -2.37. The molecule has 1 amide bonds. The Morgan fingerprint density at radius 3 is 2.56 bits per heavy atom. The van der Waals surface area contributed by atoms with Crippen molar-refractivity contribution < 1.29 is 17.6 Å². The summed E-state index contributed by atoms with van der Waals surface area (Å²) in [5, 5.41) is 3.48. The van der Waals surface area contributed by atoms with Gasteiger partial charge in [-0.05, 0) is 60.5 Å². The van der Waals surface area contributed by atoms with Crippen molar-refractivity contribution in [1.82, 2.24) is 9.55 Å². The predicted molar refractivity (Wildman–Crippen MR) is 130 cm³/mol. The van der Waals surface area contributed by atoms with Crippen LogP contribution in [-0.4, -0.2) is 43.2 Å². The molecule has 1 fully saturated rings. The molecule has 0 aliphatic carbocycles. The van der Waals surface area contributed by atoms with Crippen LogP contribution in [0.3, 0.4) is 0 Å². The summed E-state index contributed by atoms with van der Waals surface area (Å²) in [6, 6.07) is 16.2. The zero-order chi connectivity index (χ0) is 23.9. The maximum atomic E-state index is 13.8. The number of hydrogen-bond donors (Lipinski definition) is 1.